The number of carbonyl (C=O) groups excluding carboxylic acids is 1. The summed E-state index contributed by atoms with van der Waals surface area (Å²) in [6.07, 6.45) is 4.66. The second-order valence-electron chi connectivity index (χ2n) is 8.88. The van der Waals surface area contributed by atoms with Gasteiger partial charge in [0, 0.05) is 57.7 Å². The molecule has 35 heavy (non-hydrogen) atoms. The van der Waals surface area contributed by atoms with Crippen LogP contribution in [-0.4, -0.2) is 84.0 Å². The first-order valence-corrected chi connectivity index (χ1v) is 13.1. The second kappa shape index (κ2) is 9.86. The fourth-order valence-corrected chi connectivity index (χ4v) is 6.34. The maximum absolute atomic E-state index is 13.2. The van der Waals surface area contributed by atoms with Crippen LogP contribution >= 0.6 is 0 Å². The van der Waals surface area contributed by atoms with Crippen molar-refractivity contribution in [2.45, 2.75) is 23.8 Å². The van der Waals surface area contributed by atoms with E-state index in [1.54, 1.807) is 21.9 Å². The first-order valence-electron chi connectivity index (χ1n) is 11.7. The van der Waals surface area contributed by atoms with E-state index in [4.69, 9.17) is 5.21 Å². The van der Waals surface area contributed by atoms with Crippen LogP contribution in [0.2, 0.25) is 0 Å². The average molecular weight is 497 g/mol. The highest BCUT2D eigenvalue weighted by molar-refractivity contribution is 7.89. The molecule has 1 amide bonds. The number of hydrogen-bond acceptors (Lipinski definition) is 8. The number of rotatable bonds is 5. The Morgan fingerprint density at radius 1 is 0.914 bits per heavy atom. The molecule has 0 atom stereocenters. The molecule has 0 aliphatic carbocycles. The standard InChI is InChI=1S/C24H28N6O4S/c31-23(27-32)20-16-25-24(26-17-20)29-9-7-21(8-10-29)28-11-13-30(14-12-28)35(33,34)22-6-5-18-3-1-2-4-19(18)15-22/h1-6,15-17,21,32H,7-14H2,(H,27,31). The maximum Gasteiger partial charge on any atom is 0.277 e. The summed E-state index contributed by atoms with van der Waals surface area (Å²) >= 11 is 0. The molecule has 3 heterocycles. The van der Waals surface area contributed by atoms with Crippen LogP contribution in [0.3, 0.4) is 0 Å². The summed E-state index contributed by atoms with van der Waals surface area (Å²) in [5.41, 5.74) is 1.77. The van der Waals surface area contributed by atoms with Gasteiger partial charge in [0.25, 0.3) is 5.91 Å². The van der Waals surface area contributed by atoms with Gasteiger partial charge < -0.3 is 4.90 Å². The zero-order valence-corrected chi connectivity index (χ0v) is 20.1. The number of nitrogens with one attached hydrogen (secondary N) is 1. The van der Waals surface area contributed by atoms with E-state index in [0.717, 1.165) is 36.7 Å². The molecule has 184 valence electrons. The minimum Gasteiger partial charge on any atom is -0.341 e. The third-order valence-electron chi connectivity index (χ3n) is 6.90. The predicted molar refractivity (Wildman–Crippen MR) is 131 cm³/mol. The molecule has 0 saturated carbocycles. The Morgan fingerprint density at radius 3 is 2.23 bits per heavy atom. The number of fused-ring (bicyclic) bond motifs is 1. The van der Waals surface area contributed by atoms with Gasteiger partial charge in [-0.1, -0.05) is 30.3 Å². The van der Waals surface area contributed by atoms with Crippen molar-refractivity contribution in [3.8, 4) is 0 Å². The third kappa shape index (κ3) is 4.85. The van der Waals surface area contributed by atoms with Gasteiger partial charge in [-0.05, 0) is 35.7 Å². The molecular formula is C24H28N6O4S. The number of hydroxylamine groups is 1. The number of sulfonamides is 1. The van der Waals surface area contributed by atoms with Crippen LogP contribution < -0.4 is 10.4 Å². The summed E-state index contributed by atoms with van der Waals surface area (Å²) in [6.45, 7) is 3.94. The number of aromatic nitrogens is 2. The summed E-state index contributed by atoms with van der Waals surface area (Å²) in [4.78, 5) is 24.8. The maximum atomic E-state index is 13.2. The molecule has 2 N–H and O–H groups in total. The summed E-state index contributed by atoms with van der Waals surface area (Å²) in [6, 6.07) is 13.5. The van der Waals surface area contributed by atoms with Crippen LogP contribution in [0.15, 0.2) is 59.8 Å². The Hall–Kier alpha value is -3.12. The quantitative estimate of drug-likeness (QED) is 0.405. The Morgan fingerprint density at radius 2 is 1.57 bits per heavy atom. The molecule has 3 aromatic rings. The smallest absolute Gasteiger partial charge is 0.277 e. The highest BCUT2D eigenvalue weighted by atomic mass is 32.2. The first-order chi connectivity index (χ1) is 17.0. The van der Waals surface area contributed by atoms with Gasteiger partial charge in [0.15, 0.2) is 0 Å². The summed E-state index contributed by atoms with van der Waals surface area (Å²) in [7, 11) is -3.53. The van der Waals surface area contributed by atoms with Crippen molar-refractivity contribution in [2.24, 2.45) is 0 Å². The number of hydrogen-bond donors (Lipinski definition) is 2. The van der Waals surface area contributed by atoms with Crippen molar-refractivity contribution in [2.75, 3.05) is 44.2 Å². The molecule has 0 spiro atoms. The minimum absolute atomic E-state index is 0.197. The second-order valence-corrected chi connectivity index (χ2v) is 10.8. The molecule has 11 heteroatoms. The van der Waals surface area contributed by atoms with E-state index in [-0.39, 0.29) is 5.56 Å². The Balaban J connectivity index is 1.16. The lowest BCUT2D eigenvalue weighted by Crippen LogP contribution is -2.54. The molecule has 10 nitrogen and oxygen atoms in total. The largest absolute Gasteiger partial charge is 0.341 e. The number of piperidine rings is 1. The first kappa shape index (κ1) is 23.6. The SMILES string of the molecule is O=C(NO)c1cnc(N2CCC(N3CCN(S(=O)(=O)c4ccc5ccccc5c4)CC3)CC2)nc1. The molecular weight excluding hydrogens is 468 g/mol. The molecule has 5 rings (SSSR count). The monoisotopic (exact) mass is 496 g/mol. The summed E-state index contributed by atoms with van der Waals surface area (Å²) in [5.74, 6) is -0.0822. The van der Waals surface area contributed by atoms with Gasteiger partial charge in [-0.3, -0.25) is 14.9 Å². The number of nitrogens with zero attached hydrogens (tertiary/aromatic N) is 5. The Bertz CT molecular complexity index is 1300. The lowest BCUT2D eigenvalue weighted by atomic mass is 10.0. The summed E-state index contributed by atoms with van der Waals surface area (Å²) < 4.78 is 28.1. The minimum atomic E-state index is -3.53. The van der Waals surface area contributed by atoms with E-state index in [0.29, 0.717) is 43.1 Å². The Kier molecular flexibility index (Phi) is 6.65. The highest BCUT2D eigenvalue weighted by Crippen LogP contribution is 2.25. The van der Waals surface area contributed by atoms with Crippen molar-refractivity contribution in [3.63, 3.8) is 0 Å². The van der Waals surface area contributed by atoms with Crippen molar-refractivity contribution >= 4 is 32.7 Å². The van der Waals surface area contributed by atoms with E-state index >= 15 is 0 Å². The number of anilines is 1. The van der Waals surface area contributed by atoms with Gasteiger partial charge in [0.05, 0.1) is 10.5 Å². The van der Waals surface area contributed by atoms with E-state index in [1.165, 1.54) is 12.4 Å². The number of carbonyl (C=O) groups is 1. The topological polar surface area (TPSA) is 119 Å². The van der Waals surface area contributed by atoms with Crippen molar-refractivity contribution in [1.29, 1.82) is 0 Å². The molecule has 0 bridgehead atoms. The van der Waals surface area contributed by atoms with Crippen LogP contribution in [0.5, 0.6) is 0 Å². The molecule has 0 radical (unpaired) electrons. The lowest BCUT2D eigenvalue weighted by molar-refractivity contribution is 0.0705. The zero-order chi connectivity index (χ0) is 24.4. The van der Waals surface area contributed by atoms with Gasteiger partial charge in [0.1, 0.15) is 0 Å². The molecule has 2 fully saturated rings. The van der Waals surface area contributed by atoms with E-state index in [9.17, 15) is 13.2 Å². The molecule has 0 unspecified atom stereocenters. The molecule has 2 saturated heterocycles. The van der Waals surface area contributed by atoms with Gasteiger partial charge in [-0.2, -0.15) is 4.31 Å². The van der Waals surface area contributed by atoms with Gasteiger partial charge >= 0.3 is 0 Å². The lowest BCUT2D eigenvalue weighted by Gasteiger charge is -2.42. The van der Waals surface area contributed by atoms with Crippen molar-refractivity contribution in [3.05, 3.63) is 60.4 Å². The highest BCUT2D eigenvalue weighted by Gasteiger charge is 2.33. The Labute approximate surface area is 204 Å². The number of amides is 1. The fraction of sp³-hybridized carbons (Fsp3) is 0.375. The normalized spacial score (nSPS) is 18.6. The van der Waals surface area contributed by atoms with Crippen LogP contribution in [-0.2, 0) is 10.0 Å². The van der Waals surface area contributed by atoms with E-state index < -0.39 is 15.9 Å². The van der Waals surface area contributed by atoms with Crippen LogP contribution in [0, 0.1) is 0 Å². The van der Waals surface area contributed by atoms with E-state index in [2.05, 4.69) is 19.8 Å². The molecule has 2 aliphatic rings. The van der Waals surface area contributed by atoms with Gasteiger partial charge in [0.2, 0.25) is 16.0 Å². The van der Waals surface area contributed by atoms with E-state index in [1.807, 2.05) is 30.3 Å². The summed E-state index contributed by atoms with van der Waals surface area (Å²) in [5, 5.41) is 10.7. The molecule has 2 aromatic carbocycles. The third-order valence-corrected chi connectivity index (χ3v) is 8.79. The van der Waals surface area contributed by atoms with Gasteiger partial charge in [-0.25, -0.2) is 23.9 Å². The molecule has 1 aromatic heterocycles. The van der Waals surface area contributed by atoms with Crippen molar-refractivity contribution < 1.29 is 18.4 Å². The van der Waals surface area contributed by atoms with Crippen LogP contribution in [0.1, 0.15) is 23.2 Å². The molecule has 2 aliphatic heterocycles. The number of piperazine rings is 1. The van der Waals surface area contributed by atoms with Crippen molar-refractivity contribution in [1.82, 2.24) is 24.7 Å². The number of benzene rings is 2. The fourth-order valence-electron chi connectivity index (χ4n) is 4.88. The average Bonchev–Trinajstić information content (AvgIpc) is 2.92. The zero-order valence-electron chi connectivity index (χ0n) is 19.2. The van der Waals surface area contributed by atoms with Gasteiger partial charge in [-0.15, -0.1) is 0 Å². The predicted octanol–water partition coefficient (Wildman–Crippen LogP) is 1.72. The van der Waals surface area contributed by atoms with Crippen LogP contribution in [0.4, 0.5) is 5.95 Å². The van der Waals surface area contributed by atoms with Crippen LogP contribution in [0.25, 0.3) is 10.8 Å².